The van der Waals surface area contributed by atoms with Gasteiger partial charge in [-0.3, -0.25) is 0 Å². The SMILES string of the molecule is [C-]#[N+]c1cc(-n2c3ccc4c(c3c3cccc(N(c5ccccc5)c5ccccc5)c32)Cc2ccccc2-4)c(C#N)cc1-n1c2ccc3c4ccccc4oc3c2c2cccc(N(c3ccccc3)c3ccccc3)c21. The fourth-order valence-corrected chi connectivity index (χ4v) is 12.2. The minimum absolute atomic E-state index is 0.391. The van der Waals surface area contributed by atoms with Gasteiger partial charge in [-0.15, -0.1) is 0 Å². The monoisotopic (exact) mass is 970 g/mol. The Morgan fingerprint density at radius 2 is 0.974 bits per heavy atom. The van der Waals surface area contributed by atoms with Crippen LogP contribution in [0.4, 0.5) is 39.8 Å². The largest absolute Gasteiger partial charge is 0.455 e. The first-order chi connectivity index (χ1) is 37.7. The molecule has 0 saturated carbocycles. The van der Waals surface area contributed by atoms with Gasteiger partial charge < -0.3 is 23.4 Å². The van der Waals surface area contributed by atoms with E-state index >= 15 is 0 Å². The van der Waals surface area contributed by atoms with Crippen LogP contribution in [0.25, 0.3) is 92.9 Å². The lowest BCUT2D eigenvalue weighted by Crippen LogP contribution is -2.12. The number of benzene rings is 11. The summed E-state index contributed by atoms with van der Waals surface area (Å²) in [5.41, 5.74) is 18.0. The molecule has 7 nitrogen and oxygen atoms in total. The third kappa shape index (κ3) is 6.34. The Bertz CT molecular complexity index is 4670. The molecule has 0 N–H and O–H groups in total. The van der Waals surface area contributed by atoms with E-state index in [4.69, 9.17) is 4.42 Å². The summed E-state index contributed by atoms with van der Waals surface area (Å²) in [5, 5.41) is 17.9. The molecule has 0 amide bonds. The van der Waals surface area contributed by atoms with Crippen molar-refractivity contribution in [2.24, 2.45) is 0 Å². The van der Waals surface area contributed by atoms with Gasteiger partial charge in [0.15, 0.2) is 0 Å². The summed E-state index contributed by atoms with van der Waals surface area (Å²) in [6, 6.07) is 86.7. The van der Waals surface area contributed by atoms with Gasteiger partial charge >= 0.3 is 0 Å². The van der Waals surface area contributed by atoms with Crippen molar-refractivity contribution >= 4 is 105 Å². The molecule has 0 saturated heterocycles. The summed E-state index contributed by atoms with van der Waals surface area (Å²) in [7, 11) is 0. The Balaban J connectivity index is 1.06. The van der Waals surface area contributed by atoms with Crippen LogP contribution in [0.3, 0.4) is 0 Å². The van der Waals surface area contributed by atoms with E-state index in [0.29, 0.717) is 22.6 Å². The second kappa shape index (κ2) is 17.0. The molecule has 0 unspecified atom stereocenters. The highest BCUT2D eigenvalue weighted by Crippen LogP contribution is 2.51. The third-order valence-electron chi connectivity index (χ3n) is 15.3. The number of anilines is 6. The van der Waals surface area contributed by atoms with Gasteiger partial charge in [0.2, 0.25) is 5.69 Å². The molecule has 0 spiro atoms. The molecule has 0 aliphatic heterocycles. The van der Waals surface area contributed by atoms with Crippen LogP contribution in [0, 0.1) is 17.9 Å². The number of fused-ring (bicyclic) bond motifs is 14. The normalized spacial score (nSPS) is 11.9. The van der Waals surface area contributed by atoms with Crippen LogP contribution in [0.2, 0.25) is 0 Å². The molecule has 76 heavy (non-hydrogen) atoms. The molecule has 354 valence electrons. The Morgan fingerprint density at radius 1 is 0.461 bits per heavy atom. The van der Waals surface area contributed by atoms with Gasteiger partial charge in [-0.25, -0.2) is 4.85 Å². The first-order valence-electron chi connectivity index (χ1n) is 25.5. The van der Waals surface area contributed by atoms with Crippen molar-refractivity contribution < 1.29 is 4.42 Å². The van der Waals surface area contributed by atoms with E-state index in [2.05, 4.69) is 218 Å². The zero-order chi connectivity index (χ0) is 50.4. The van der Waals surface area contributed by atoms with E-state index in [1.165, 1.54) is 22.3 Å². The van der Waals surface area contributed by atoms with Crippen molar-refractivity contribution in [1.82, 2.24) is 9.13 Å². The first kappa shape index (κ1) is 43.0. The van der Waals surface area contributed by atoms with E-state index < -0.39 is 0 Å². The Labute approximate surface area is 437 Å². The summed E-state index contributed by atoms with van der Waals surface area (Å²) in [6.45, 7) is 9.18. The van der Waals surface area contributed by atoms with E-state index in [1.807, 2.05) is 54.6 Å². The van der Waals surface area contributed by atoms with Crippen molar-refractivity contribution in [2.75, 3.05) is 9.80 Å². The van der Waals surface area contributed by atoms with Gasteiger partial charge in [-0.1, -0.05) is 146 Å². The molecular formula is C69H42N6O. The second-order valence-electron chi connectivity index (χ2n) is 19.4. The number of aromatic nitrogens is 2. The Kier molecular flexibility index (Phi) is 9.62. The van der Waals surface area contributed by atoms with Crippen LogP contribution >= 0.6 is 0 Å². The number of para-hydroxylation sites is 7. The van der Waals surface area contributed by atoms with E-state index in [-0.39, 0.29) is 0 Å². The Morgan fingerprint density at radius 3 is 1.58 bits per heavy atom. The highest BCUT2D eigenvalue weighted by molar-refractivity contribution is 6.26. The minimum atomic E-state index is 0.391. The topological polar surface area (TPSA) is 57.6 Å². The van der Waals surface area contributed by atoms with Gasteiger partial charge in [-0.2, -0.15) is 5.26 Å². The molecular weight excluding hydrogens is 929 g/mol. The highest BCUT2D eigenvalue weighted by Gasteiger charge is 2.30. The van der Waals surface area contributed by atoms with Crippen LogP contribution in [0.5, 0.6) is 0 Å². The smallest absolute Gasteiger partial charge is 0.212 e. The number of hydrogen-bond donors (Lipinski definition) is 0. The molecule has 14 aromatic rings. The molecule has 3 heterocycles. The van der Waals surface area contributed by atoms with Crippen LogP contribution in [0.1, 0.15) is 16.7 Å². The molecule has 7 heteroatoms. The molecule has 1 aliphatic carbocycles. The molecule has 0 fully saturated rings. The number of nitrogens with zero attached hydrogens (tertiary/aromatic N) is 6. The maximum Gasteiger partial charge on any atom is 0.212 e. The lowest BCUT2D eigenvalue weighted by Gasteiger charge is -2.27. The van der Waals surface area contributed by atoms with Crippen molar-refractivity contribution in [3.8, 4) is 28.6 Å². The van der Waals surface area contributed by atoms with Gasteiger partial charge in [0.1, 0.15) is 17.2 Å². The van der Waals surface area contributed by atoms with Crippen molar-refractivity contribution in [1.29, 1.82) is 5.26 Å². The second-order valence-corrected chi connectivity index (χ2v) is 19.4. The summed E-state index contributed by atoms with van der Waals surface area (Å²) < 4.78 is 11.3. The lowest BCUT2D eigenvalue weighted by molar-refractivity contribution is 0.673. The van der Waals surface area contributed by atoms with Crippen molar-refractivity contribution in [3.05, 3.63) is 271 Å². The number of nitriles is 1. The summed E-state index contributed by atoms with van der Waals surface area (Å²) in [5.74, 6) is 0. The number of hydrogen-bond acceptors (Lipinski definition) is 4. The van der Waals surface area contributed by atoms with E-state index in [1.54, 1.807) is 0 Å². The van der Waals surface area contributed by atoms with Gasteiger partial charge in [0.25, 0.3) is 0 Å². The average molecular weight is 971 g/mol. The highest BCUT2D eigenvalue weighted by atomic mass is 16.3. The molecule has 0 atom stereocenters. The standard InChI is InChI=1S/C69H42N6O/c1-71-57-42-62(74-58-38-36-51-50-29-15-14-20-44(50)40-56(51)65(58)54-31-18-33-60(67(54)74)72(46-21-6-2-7-22-46)47-23-8-3-9-24-47)45(43-70)41-63(57)75-59-39-37-53-52-30-16-17-35-64(52)76-69(53)66(59)55-32-19-34-61(68(55)75)73(48-25-10-4-11-26-48)49-27-12-5-13-28-49/h2-39,41-42H,40H2. The maximum absolute atomic E-state index is 11.8. The van der Waals surface area contributed by atoms with Crippen LogP contribution < -0.4 is 9.80 Å². The summed E-state index contributed by atoms with van der Waals surface area (Å²) in [6.07, 6.45) is 0.780. The van der Waals surface area contributed by atoms with Crippen LogP contribution in [-0.4, -0.2) is 9.13 Å². The maximum atomic E-state index is 11.8. The molecule has 15 rings (SSSR count). The van der Waals surface area contributed by atoms with Crippen molar-refractivity contribution in [2.45, 2.75) is 6.42 Å². The van der Waals surface area contributed by atoms with E-state index in [9.17, 15) is 11.8 Å². The first-order valence-corrected chi connectivity index (χ1v) is 25.5. The molecule has 1 aliphatic rings. The predicted octanol–water partition coefficient (Wildman–Crippen LogP) is 18.7. The third-order valence-corrected chi connectivity index (χ3v) is 15.3. The van der Waals surface area contributed by atoms with E-state index in [0.717, 1.165) is 106 Å². The van der Waals surface area contributed by atoms with Crippen LogP contribution in [-0.2, 0) is 6.42 Å². The summed E-state index contributed by atoms with van der Waals surface area (Å²) in [4.78, 5) is 9.00. The minimum Gasteiger partial charge on any atom is -0.455 e. The average Bonchev–Trinajstić information content (AvgIpc) is 4.28. The summed E-state index contributed by atoms with van der Waals surface area (Å²) >= 11 is 0. The molecule has 0 radical (unpaired) electrons. The van der Waals surface area contributed by atoms with Gasteiger partial charge in [-0.05, 0) is 126 Å². The fourth-order valence-electron chi connectivity index (χ4n) is 12.2. The predicted molar refractivity (Wildman–Crippen MR) is 311 cm³/mol. The zero-order valence-corrected chi connectivity index (χ0v) is 40.9. The Hall–Kier alpha value is -10.6. The van der Waals surface area contributed by atoms with Crippen molar-refractivity contribution in [3.63, 3.8) is 0 Å². The molecule has 3 aromatic heterocycles. The quantitative estimate of drug-likeness (QED) is 0.142. The lowest BCUT2D eigenvalue weighted by atomic mass is 10.0. The number of rotatable bonds is 8. The molecule has 0 bridgehead atoms. The van der Waals surface area contributed by atoms with Gasteiger partial charge in [0, 0.05) is 49.7 Å². The molecule has 11 aromatic carbocycles. The van der Waals surface area contributed by atoms with Crippen LogP contribution in [0.15, 0.2) is 247 Å². The fraction of sp³-hybridized carbons (Fsp3) is 0.0145. The number of furan rings is 1. The van der Waals surface area contributed by atoms with Gasteiger partial charge in [0.05, 0.1) is 62.3 Å². The zero-order valence-electron chi connectivity index (χ0n) is 40.9.